The van der Waals surface area contributed by atoms with E-state index < -0.39 is 6.04 Å². The minimum atomic E-state index is -0.454. The number of hydrogen-bond donors (Lipinski definition) is 3. The molecule has 3 rings (SSSR count). The van der Waals surface area contributed by atoms with E-state index in [9.17, 15) is 9.59 Å². The van der Waals surface area contributed by atoms with Crippen LogP contribution in [0.15, 0.2) is 42.5 Å². The molecule has 0 radical (unpaired) electrons. The van der Waals surface area contributed by atoms with E-state index in [4.69, 9.17) is 10.5 Å². The summed E-state index contributed by atoms with van der Waals surface area (Å²) < 4.78 is 5.69. The van der Waals surface area contributed by atoms with Crippen molar-refractivity contribution in [3.8, 4) is 5.75 Å². The van der Waals surface area contributed by atoms with Crippen molar-refractivity contribution in [1.29, 1.82) is 0 Å². The van der Waals surface area contributed by atoms with Crippen LogP contribution in [0.1, 0.15) is 61.9 Å². The Labute approximate surface area is 171 Å². The molecule has 4 N–H and O–H groups in total. The molecule has 0 fully saturated rings. The lowest BCUT2D eigenvalue weighted by atomic mass is 9.87. The van der Waals surface area contributed by atoms with Crippen molar-refractivity contribution in [1.82, 2.24) is 10.6 Å². The Morgan fingerprint density at radius 3 is 2.79 bits per heavy atom. The van der Waals surface area contributed by atoms with Gasteiger partial charge >= 0.3 is 0 Å². The Morgan fingerprint density at radius 2 is 2.03 bits per heavy atom. The fourth-order valence-electron chi connectivity index (χ4n) is 3.96. The van der Waals surface area contributed by atoms with E-state index in [-0.39, 0.29) is 24.3 Å². The van der Waals surface area contributed by atoms with Crippen molar-refractivity contribution < 1.29 is 14.3 Å². The summed E-state index contributed by atoms with van der Waals surface area (Å²) in [5.41, 5.74) is 9.78. The number of rotatable bonds is 7. The zero-order chi connectivity index (χ0) is 20.8. The first kappa shape index (κ1) is 20.7. The summed E-state index contributed by atoms with van der Waals surface area (Å²) >= 11 is 0. The van der Waals surface area contributed by atoms with Crippen molar-refractivity contribution in [2.75, 3.05) is 12.3 Å². The van der Waals surface area contributed by atoms with Crippen molar-refractivity contribution >= 4 is 17.5 Å². The van der Waals surface area contributed by atoms with Crippen molar-refractivity contribution in [3.05, 3.63) is 59.2 Å². The van der Waals surface area contributed by atoms with E-state index in [1.807, 2.05) is 49.4 Å². The summed E-state index contributed by atoms with van der Waals surface area (Å²) in [4.78, 5) is 24.7. The van der Waals surface area contributed by atoms with Crippen LogP contribution in [0.3, 0.4) is 0 Å². The molecule has 0 spiro atoms. The van der Waals surface area contributed by atoms with Gasteiger partial charge in [0.05, 0.1) is 25.1 Å². The molecule has 0 bridgehead atoms. The Morgan fingerprint density at radius 1 is 1.24 bits per heavy atom. The average molecular weight is 396 g/mol. The van der Waals surface area contributed by atoms with Gasteiger partial charge in [-0.1, -0.05) is 24.3 Å². The number of carbonyl (C=O) groups excluding carboxylic acids is 2. The molecule has 2 unspecified atom stereocenters. The molecule has 0 saturated heterocycles. The van der Waals surface area contributed by atoms with Crippen LogP contribution < -0.4 is 21.1 Å². The maximum absolute atomic E-state index is 12.9. The lowest BCUT2D eigenvalue weighted by Gasteiger charge is -2.28. The van der Waals surface area contributed by atoms with Gasteiger partial charge in [0.25, 0.3) is 0 Å². The molecule has 2 aromatic rings. The fourth-order valence-corrected chi connectivity index (χ4v) is 3.96. The molecule has 0 aliphatic heterocycles. The molecule has 6 heteroatoms. The molecule has 1 aliphatic rings. The highest BCUT2D eigenvalue weighted by atomic mass is 16.5. The zero-order valence-corrected chi connectivity index (χ0v) is 17.0. The average Bonchev–Trinajstić information content (AvgIpc) is 2.68. The Balaban J connectivity index is 1.76. The van der Waals surface area contributed by atoms with Crippen molar-refractivity contribution in [2.24, 2.45) is 0 Å². The molecule has 1 aliphatic carbocycles. The molecular formula is C23H29N3O3. The number of ether oxygens (including phenoxy) is 1. The van der Waals surface area contributed by atoms with E-state index in [0.717, 1.165) is 36.1 Å². The number of hydrogen-bond acceptors (Lipinski definition) is 4. The summed E-state index contributed by atoms with van der Waals surface area (Å²) in [7, 11) is 0. The third-order valence-electron chi connectivity index (χ3n) is 5.18. The smallest absolute Gasteiger partial charge is 0.222 e. The number of anilines is 1. The van der Waals surface area contributed by atoms with Gasteiger partial charge in [0.2, 0.25) is 11.8 Å². The second-order valence-electron chi connectivity index (χ2n) is 7.40. The number of nitrogens with one attached hydrogen (secondary N) is 2. The third kappa shape index (κ3) is 5.28. The maximum atomic E-state index is 12.9. The number of amides is 2. The van der Waals surface area contributed by atoms with Crippen LogP contribution in [0.2, 0.25) is 0 Å². The number of nitrogen functional groups attached to an aromatic ring is 1. The van der Waals surface area contributed by atoms with E-state index >= 15 is 0 Å². The minimum Gasteiger partial charge on any atom is -0.494 e. The van der Waals surface area contributed by atoms with Gasteiger partial charge in [-0.25, -0.2) is 0 Å². The van der Waals surface area contributed by atoms with E-state index in [1.165, 1.54) is 12.5 Å². The molecule has 0 heterocycles. The molecule has 2 atom stereocenters. The number of fused-ring (bicyclic) bond motifs is 1. The summed E-state index contributed by atoms with van der Waals surface area (Å²) in [5, 5.41) is 6.04. The first-order chi connectivity index (χ1) is 14.0. The highest BCUT2D eigenvalue weighted by Gasteiger charge is 2.25. The van der Waals surface area contributed by atoms with Gasteiger partial charge in [0.1, 0.15) is 5.75 Å². The second kappa shape index (κ2) is 9.45. The predicted octanol–water partition coefficient (Wildman–Crippen LogP) is 3.43. The maximum Gasteiger partial charge on any atom is 0.222 e. The predicted molar refractivity (Wildman–Crippen MR) is 113 cm³/mol. The quantitative estimate of drug-likeness (QED) is 0.626. The van der Waals surface area contributed by atoms with E-state index in [1.54, 1.807) is 0 Å². The molecule has 154 valence electrons. The number of benzene rings is 2. The zero-order valence-electron chi connectivity index (χ0n) is 17.0. The molecule has 6 nitrogen and oxygen atoms in total. The summed E-state index contributed by atoms with van der Waals surface area (Å²) in [5.74, 6) is 0.386. The van der Waals surface area contributed by atoms with Crippen LogP contribution in [0.4, 0.5) is 5.69 Å². The van der Waals surface area contributed by atoms with Gasteiger partial charge in [-0.3, -0.25) is 9.59 Å². The molecule has 0 aromatic heterocycles. The summed E-state index contributed by atoms with van der Waals surface area (Å²) in [6, 6.07) is 12.9. The largest absolute Gasteiger partial charge is 0.494 e. The lowest BCUT2D eigenvalue weighted by Crippen LogP contribution is -2.35. The molecular weight excluding hydrogens is 366 g/mol. The number of aryl methyl sites for hydroxylation is 1. The molecule has 29 heavy (non-hydrogen) atoms. The number of carbonyl (C=O) groups is 2. The van der Waals surface area contributed by atoms with Crippen LogP contribution in [-0.4, -0.2) is 18.4 Å². The van der Waals surface area contributed by atoms with Gasteiger partial charge in [-0.2, -0.15) is 0 Å². The van der Waals surface area contributed by atoms with Gasteiger partial charge in [0.15, 0.2) is 0 Å². The first-order valence-corrected chi connectivity index (χ1v) is 10.1. The third-order valence-corrected chi connectivity index (χ3v) is 5.18. The monoisotopic (exact) mass is 395 g/mol. The normalized spacial score (nSPS) is 16.4. The van der Waals surface area contributed by atoms with Crippen LogP contribution in [-0.2, 0) is 16.0 Å². The number of para-hydroxylation sites is 1. The lowest BCUT2D eigenvalue weighted by molar-refractivity contribution is -0.123. The standard InChI is InChI=1S/C23H29N3O3/c1-3-29-22-10-5-4-8-19(22)21(25-15(2)27)14-23(28)26-20-9-6-7-16-13-17(24)11-12-18(16)20/h4-5,8,10-13,20-21H,3,6-7,9,14,24H2,1-2H3,(H,25,27)(H,26,28). The van der Waals surface area contributed by atoms with Gasteiger partial charge in [-0.05, 0) is 55.5 Å². The number of nitrogens with two attached hydrogens (primary N) is 1. The van der Waals surface area contributed by atoms with Crippen LogP contribution in [0.5, 0.6) is 5.75 Å². The van der Waals surface area contributed by atoms with Crippen molar-refractivity contribution in [3.63, 3.8) is 0 Å². The Kier molecular flexibility index (Phi) is 6.75. The van der Waals surface area contributed by atoms with Gasteiger partial charge in [-0.15, -0.1) is 0 Å². The van der Waals surface area contributed by atoms with Crippen molar-refractivity contribution in [2.45, 2.75) is 51.6 Å². The van der Waals surface area contributed by atoms with Crippen LogP contribution >= 0.6 is 0 Å². The van der Waals surface area contributed by atoms with Gasteiger partial charge < -0.3 is 21.1 Å². The van der Waals surface area contributed by atoms with Crippen LogP contribution in [0, 0.1) is 0 Å². The van der Waals surface area contributed by atoms with E-state index in [0.29, 0.717) is 12.4 Å². The summed E-state index contributed by atoms with van der Waals surface area (Å²) in [6.07, 6.45) is 3.01. The Bertz CT molecular complexity index is 881. The SMILES string of the molecule is CCOc1ccccc1C(CC(=O)NC1CCCc2cc(N)ccc21)NC(C)=O. The molecule has 2 aromatic carbocycles. The van der Waals surface area contributed by atoms with Gasteiger partial charge in [0, 0.05) is 18.2 Å². The highest BCUT2D eigenvalue weighted by molar-refractivity contribution is 5.79. The Hall–Kier alpha value is -3.02. The van der Waals surface area contributed by atoms with E-state index in [2.05, 4.69) is 10.6 Å². The first-order valence-electron chi connectivity index (χ1n) is 10.1. The highest BCUT2D eigenvalue weighted by Crippen LogP contribution is 2.32. The fraction of sp³-hybridized carbons (Fsp3) is 0.391. The summed E-state index contributed by atoms with van der Waals surface area (Å²) in [6.45, 7) is 3.87. The van der Waals surface area contributed by atoms with Crippen LogP contribution in [0.25, 0.3) is 0 Å². The molecule has 2 amide bonds. The minimum absolute atomic E-state index is 0.0352. The molecule has 0 saturated carbocycles. The topological polar surface area (TPSA) is 93.4 Å². The second-order valence-corrected chi connectivity index (χ2v) is 7.40.